The Balaban J connectivity index is 1.57. The average molecular weight is 378 g/mol. The maximum atomic E-state index is 14.5. The molecule has 0 radical (unpaired) electrons. The van der Waals surface area contributed by atoms with Crippen molar-refractivity contribution in [3.05, 3.63) is 89.3 Å². The summed E-state index contributed by atoms with van der Waals surface area (Å²) in [4.78, 5) is 19.2. The number of imidazole rings is 1. The highest BCUT2D eigenvalue weighted by Gasteiger charge is 2.26. The van der Waals surface area contributed by atoms with Crippen LogP contribution in [0, 0.1) is 5.82 Å². The minimum atomic E-state index is -0.653. The second kappa shape index (κ2) is 7.84. The van der Waals surface area contributed by atoms with Crippen LogP contribution >= 0.6 is 0 Å². The number of amides is 2. The normalized spacial score (nSPS) is 14.9. The van der Waals surface area contributed by atoms with E-state index in [1.165, 1.54) is 17.2 Å². The van der Waals surface area contributed by atoms with Crippen LogP contribution in [0.25, 0.3) is 0 Å². The van der Waals surface area contributed by atoms with E-state index in [2.05, 4.69) is 22.4 Å². The molecule has 1 unspecified atom stereocenters. The third-order valence-electron chi connectivity index (χ3n) is 5.31. The number of rotatable bonds is 3. The molecule has 0 fully saturated rings. The lowest BCUT2D eigenvalue weighted by molar-refractivity contribution is 0.197. The largest absolute Gasteiger partial charge is 0.336 e. The summed E-state index contributed by atoms with van der Waals surface area (Å²) in [7, 11) is 1.84. The van der Waals surface area contributed by atoms with Gasteiger partial charge in [0.25, 0.3) is 0 Å². The Hall–Kier alpha value is -3.15. The number of aryl methyl sites for hydroxylation is 1. The summed E-state index contributed by atoms with van der Waals surface area (Å²) in [5.74, 6) is 0.232. The van der Waals surface area contributed by atoms with Gasteiger partial charge in [0.2, 0.25) is 0 Å². The number of halogens is 1. The van der Waals surface area contributed by atoms with Gasteiger partial charge in [-0.3, -0.25) is 0 Å². The van der Waals surface area contributed by atoms with Crippen LogP contribution in [-0.4, -0.2) is 33.6 Å². The zero-order chi connectivity index (χ0) is 19.5. The molecule has 5 nitrogen and oxygen atoms in total. The summed E-state index contributed by atoms with van der Waals surface area (Å²) in [6.45, 7) is 1.26. The van der Waals surface area contributed by atoms with E-state index in [0.717, 1.165) is 12.8 Å². The molecule has 0 aliphatic carbocycles. The van der Waals surface area contributed by atoms with E-state index in [1.54, 1.807) is 40.1 Å². The van der Waals surface area contributed by atoms with E-state index in [1.807, 2.05) is 19.2 Å². The van der Waals surface area contributed by atoms with Crippen LogP contribution in [0.2, 0.25) is 0 Å². The van der Waals surface area contributed by atoms with Crippen molar-refractivity contribution in [2.24, 2.45) is 7.05 Å². The van der Waals surface area contributed by atoms with Crippen LogP contribution < -0.4 is 5.32 Å². The van der Waals surface area contributed by atoms with Gasteiger partial charge in [0.15, 0.2) is 0 Å². The van der Waals surface area contributed by atoms with E-state index < -0.39 is 6.04 Å². The third kappa shape index (κ3) is 3.63. The molecule has 144 valence electrons. The molecule has 2 aromatic carbocycles. The fraction of sp³-hybridized carbons (Fsp3) is 0.273. The second-order valence-corrected chi connectivity index (χ2v) is 7.06. The van der Waals surface area contributed by atoms with Gasteiger partial charge in [0.05, 0.1) is 0 Å². The third-order valence-corrected chi connectivity index (χ3v) is 5.31. The molecule has 0 saturated carbocycles. The van der Waals surface area contributed by atoms with Crippen molar-refractivity contribution in [1.29, 1.82) is 0 Å². The highest BCUT2D eigenvalue weighted by atomic mass is 19.1. The number of hydrogen-bond acceptors (Lipinski definition) is 2. The van der Waals surface area contributed by atoms with E-state index in [-0.39, 0.29) is 11.8 Å². The summed E-state index contributed by atoms with van der Waals surface area (Å²) in [5.41, 5.74) is 2.98. The Morgan fingerprint density at radius 3 is 2.32 bits per heavy atom. The first-order valence-corrected chi connectivity index (χ1v) is 9.47. The van der Waals surface area contributed by atoms with Crippen LogP contribution in [0.4, 0.5) is 9.18 Å². The van der Waals surface area contributed by atoms with Gasteiger partial charge in [-0.2, -0.15) is 0 Å². The molecule has 0 spiro atoms. The Kier molecular flexibility index (Phi) is 5.10. The Bertz CT molecular complexity index is 957. The zero-order valence-electron chi connectivity index (χ0n) is 15.8. The Morgan fingerprint density at radius 1 is 1.07 bits per heavy atom. The molecule has 0 bridgehead atoms. The number of carbonyl (C=O) groups excluding carboxylic acids is 1. The van der Waals surface area contributed by atoms with Crippen molar-refractivity contribution in [2.45, 2.75) is 18.9 Å². The number of aromatic nitrogens is 2. The molecule has 2 heterocycles. The maximum Gasteiger partial charge on any atom is 0.318 e. The smallest absolute Gasteiger partial charge is 0.318 e. The van der Waals surface area contributed by atoms with Crippen molar-refractivity contribution >= 4 is 6.03 Å². The Morgan fingerprint density at radius 2 is 1.71 bits per heavy atom. The predicted octanol–water partition coefficient (Wildman–Crippen LogP) is 3.46. The molecule has 4 rings (SSSR count). The molecule has 6 heteroatoms. The summed E-state index contributed by atoms with van der Waals surface area (Å²) >= 11 is 0. The minimum Gasteiger partial charge on any atom is -0.336 e. The lowest BCUT2D eigenvalue weighted by Crippen LogP contribution is -2.43. The highest BCUT2D eigenvalue weighted by molar-refractivity contribution is 5.75. The van der Waals surface area contributed by atoms with Crippen LogP contribution in [0.1, 0.15) is 28.6 Å². The fourth-order valence-corrected chi connectivity index (χ4v) is 3.73. The van der Waals surface area contributed by atoms with Gasteiger partial charge >= 0.3 is 6.03 Å². The molecule has 3 aromatic rings. The quantitative estimate of drug-likeness (QED) is 0.759. The summed E-state index contributed by atoms with van der Waals surface area (Å²) in [6.07, 6.45) is 5.07. The number of urea groups is 1. The van der Waals surface area contributed by atoms with E-state index in [0.29, 0.717) is 24.5 Å². The molecular weight excluding hydrogens is 355 g/mol. The first-order chi connectivity index (χ1) is 13.6. The number of nitrogens with one attached hydrogen (secondary N) is 1. The van der Waals surface area contributed by atoms with Gasteiger partial charge in [0.1, 0.15) is 17.7 Å². The molecule has 0 saturated heterocycles. The van der Waals surface area contributed by atoms with Gasteiger partial charge in [-0.1, -0.05) is 42.5 Å². The molecule has 28 heavy (non-hydrogen) atoms. The van der Waals surface area contributed by atoms with Crippen LogP contribution in [0.5, 0.6) is 0 Å². The Labute approximate surface area is 163 Å². The monoisotopic (exact) mass is 378 g/mol. The molecule has 1 atom stereocenters. The molecule has 1 aliphatic heterocycles. The van der Waals surface area contributed by atoms with E-state index >= 15 is 0 Å². The van der Waals surface area contributed by atoms with E-state index in [9.17, 15) is 9.18 Å². The zero-order valence-corrected chi connectivity index (χ0v) is 15.8. The number of benzene rings is 2. The molecule has 1 aliphatic rings. The minimum absolute atomic E-state index is 0.205. The van der Waals surface area contributed by atoms with Crippen LogP contribution in [0.3, 0.4) is 0 Å². The van der Waals surface area contributed by atoms with Crippen molar-refractivity contribution in [1.82, 2.24) is 19.8 Å². The van der Waals surface area contributed by atoms with Crippen molar-refractivity contribution in [3.63, 3.8) is 0 Å². The number of hydrogen-bond donors (Lipinski definition) is 1. The summed E-state index contributed by atoms with van der Waals surface area (Å²) < 4.78 is 16.3. The highest BCUT2D eigenvalue weighted by Crippen LogP contribution is 2.24. The topological polar surface area (TPSA) is 50.2 Å². The SMILES string of the molecule is Cn1ccnc1C(NC(=O)N1CCc2ccccc2CC1)c1ccccc1F. The average Bonchev–Trinajstić information content (AvgIpc) is 3.00. The number of nitrogens with zero attached hydrogens (tertiary/aromatic N) is 3. The van der Waals surface area contributed by atoms with Crippen molar-refractivity contribution < 1.29 is 9.18 Å². The molecule has 1 aromatic heterocycles. The lowest BCUT2D eigenvalue weighted by Gasteiger charge is -2.26. The first-order valence-electron chi connectivity index (χ1n) is 9.47. The maximum absolute atomic E-state index is 14.5. The molecule has 1 N–H and O–H groups in total. The van der Waals surface area contributed by atoms with Gasteiger partial charge < -0.3 is 14.8 Å². The fourth-order valence-electron chi connectivity index (χ4n) is 3.73. The number of fused-ring (bicyclic) bond motifs is 1. The molecule has 2 amide bonds. The summed E-state index contributed by atoms with van der Waals surface area (Å²) in [5, 5.41) is 3.01. The van der Waals surface area contributed by atoms with E-state index in [4.69, 9.17) is 0 Å². The van der Waals surface area contributed by atoms with Gasteiger partial charge in [0, 0.05) is 38.1 Å². The second-order valence-electron chi connectivity index (χ2n) is 7.06. The van der Waals surface area contributed by atoms with Gasteiger partial charge in [-0.05, 0) is 30.0 Å². The standard InChI is InChI=1S/C22H23FN4O/c1-26-15-12-24-21(26)20(18-8-4-5-9-19(18)23)25-22(28)27-13-10-16-6-2-3-7-17(16)11-14-27/h2-9,12,15,20H,10-11,13-14H2,1H3,(H,25,28). The van der Waals surface area contributed by atoms with Crippen molar-refractivity contribution in [3.8, 4) is 0 Å². The van der Waals surface area contributed by atoms with Gasteiger partial charge in [-0.25, -0.2) is 14.2 Å². The van der Waals surface area contributed by atoms with Crippen LogP contribution in [0.15, 0.2) is 60.9 Å². The lowest BCUT2D eigenvalue weighted by atomic mass is 10.0. The predicted molar refractivity (Wildman–Crippen MR) is 105 cm³/mol. The van der Waals surface area contributed by atoms with Gasteiger partial charge in [-0.15, -0.1) is 0 Å². The first kappa shape index (κ1) is 18.2. The molecular formula is C22H23FN4O. The number of carbonyl (C=O) groups is 1. The van der Waals surface area contributed by atoms with Crippen molar-refractivity contribution in [2.75, 3.05) is 13.1 Å². The van der Waals surface area contributed by atoms with Crippen LogP contribution in [-0.2, 0) is 19.9 Å². The summed E-state index contributed by atoms with van der Waals surface area (Å²) in [6, 6.07) is 13.9.